The van der Waals surface area contributed by atoms with Crippen LogP contribution in [0.15, 0.2) is 0 Å². The van der Waals surface area contributed by atoms with Crippen LogP contribution in [0.5, 0.6) is 0 Å². The second-order valence-corrected chi connectivity index (χ2v) is 2.20. The number of amides is 4. The van der Waals surface area contributed by atoms with Crippen molar-refractivity contribution in [2.24, 2.45) is 11.5 Å². The highest BCUT2D eigenvalue weighted by atomic mass is 32.3. The van der Waals surface area contributed by atoms with Crippen LogP contribution in [0.1, 0.15) is 0 Å². The molecular weight excluding hydrogens is 194 g/mol. The summed E-state index contributed by atoms with van der Waals surface area (Å²) in [5, 5.41) is 1.58. The topological polar surface area (TPSA) is 173 Å². The standard InChI is InChI=1S/C2H5N3O2.H2O4S/c3-1(6)5-2(4)7;1-5(2,3)4/h(H5,3,4,5,6,7);(H2,1,2,3,4). The molecule has 0 aromatic carbocycles. The molecule has 0 heterocycles. The van der Waals surface area contributed by atoms with Crippen molar-refractivity contribution in [2.45, 2.75) is 0 Å². The van der Waals surface area contributed by atoms with Gasteiger partial charge in [0.1, 0.15) is 0 Å². The number of primary amides is 2. The lowest BCUT2D eigenvalue weighted by Gasteiger charge is -1.88. The lowest BCUT2D eigenvalue weighted by Crippen LogP contribution is -2.38. The summed E-state index contributed by atoms with van der Waals surface area (Å²) in [4.78, 5) is 19.2. The first-order valence-electron chi connectivity index (χ1n) is 2.18. The zero-order valence-corrected chi connectivity index (χ0v) is 6.41. The van der Waals surface area contributed by atoms with Gasteiger partial charge in [0.2, 0.25) is 0 Å². The summed E-state index contributed by atoms with van der Waals surface area (Å²) < 4.78 is 31.6. The van der Waals surface area contributed by atoms with Crippen LogP contribution in [-0.4, -0.2) is 29.6 Å². The first-order chi connectivity index (χ1) is 5.13. The van der Waals surface area contributed by atoms with Crippen molar-refractivity contribution in [3.8, 4) is 0 Å². The SMILES string of the molecule is NC(=O)NC(N)=O.O=S(=O)(O)O. The Morgan fingerprint density at radius 2 is 1.25 bits per heavy atom. The van der Waals surface area contributed by atoms with E-state index in [1.807, 2.05) is 0 Å². The Labute approximate surface area is 67.3 Å². The molecule has 0 aliphatic heterocycles. The van der Waals surface area contributed by atoms with Gasteiger partial charge in [0.05, 0.1) is 0 Å². The summed E-state index contributed by atoms with van der Waals surface area (Å²) in [6, 6.07) is -1.88. The van der Waals surface area contributed by atoms with Gasteiger partial charge in [0.25, 0.3) is 0 Å². The minimum absolute atomic E-state index is 0.937. The molecule has 0 radical (unpaired) electrons. The van der Waals surface area contributed by atoms with E-state index in [4.69, 9.17) is 17.5 Å². The molecule has 0 aromatic rings. The molecule has 0 saturated heterocycles. The number of imide groups is 1. The Kier molecular flexibility index (Phi) is 5.82. The Bertz CT molecular complexity index is 236. The summed E-state index contributed by atoms with van der Waals surface area (Å²) in [5.41, 5.74) is 8.88. The van der Waals surface area contributed by atoms with E-state index < -0.39 is 22.5 Å². The normalized spacial score (nSPS) is 9.17. The molecule has 0 aliphatic rings. The van der Waals surface area contributed by atoms with Gasteiger partial charge in [0, 0.05) is 0 Å². The van der Waals surface area contributed by atoms with Gasteiger partial charge in [-0.2, -0.15) is 8.42 Å². The van der Waals surface area contributed by atoms with Gasteiger partial charge < -0.3 is 11.5 Å². The zero-order valence-electron chi connectivity index (χ0n) is 5.59. The molecule has 10 heteroatoms. The minimum Gasteiger partial charge on any atom is -0.351 e. The molecule has 0 unspecified atom stereocenters. The fourth-order valence-electron chi connectivity index (χ4n) is 0.121. The van der Waals surface area contributed by atoms with Crippen LogP contribution in [-0.2, 0) is 10.4 Å². The highest BCUT2D eigenvalue weighted by Crippen LogP contribution is 1.59. The molecule has 9 nitrogen and oxygen atoms in total. The Hall–Kier alpha value is -1.39. The highest BCUT2D eigenvalue weighted by Gasteiger charge is 1.92. The lowest BCUT2D eigenvalue weighted by molar-refractivity contribution is 0.236. The highest BCUT2D eigenvalue weighted by molar-refractivity contribution is 7.79. The molecule has 0 bridgehead atoms. The van der Waals surface area contributed by atoms with Crippen molar-refractivity contribution < 1.29 is 27.1 Å². The molecule has 4 amide bonds. The summed E-state index contributed by atoms with van der Waals surface area (Å²) in [6.07, 6.45) is 0. The summed E-state index contributed by atoms with van der Waals surface area (Å²) >= 11 is 0. The Balaban J connectivity index is 0. The molecular formula is C2H7N3O6S. The van der Waals surface area contributed by atoms with Crippen LogP contribution in [0.4, 0.5) is 9.59 Å². The molecule has 0 rings (SSSR count). The molecule has 0 fully saturated rings. The van der Waals surface area contributed by atoms with Crippen LogP contribution in [0.2, 0.25) is 0 Å². The fraction of sp³-hybridized carbons (Fsp3) is 0. The molecule has 0 aliphatic carbocycles. The molecule has 0 spiro atoms. The second kappa shape index (κ2) is 5.29. The predicted octanol–water partition coefficient (Wildman–Crippen LogP) is -1.92. The molecule has 0 atom stereocenters. The number of nitrogens with one attached hydrogen (secondary N) is 1. The number of nitrogens with two attached hydrogens (primary N) is 2. The fourth-order valence-corrected chi connectivity index (χ4v) is 0.121. The van der Waals surface area contributed by atoms with Crippen LogP contribution in [0.25, 0.3) is 0 Å². The third kappa shape index (κ3) is 73.2. The monoisotopic (exact) mass is 201 g/mol. The smallest absolute Gasteiger partial charge is 0.351 e. The molecule has 7 N–H and O–H groups in total. The van der Waals surface area contributed by atoms with E-state index in [1.54, 1.807) is 5.32 Å². The van der Waals surface area contributed by atoms with Crippen LogP contribution >= 0.6 is 0 Å². The average molecular weight is 201 g/mol. The number of hydrogen-bond donors (Lipinski definition) is 5. The quantitative estimate of drug-likeness (QED) is 0.285. The van der Waals surface area contributed by atoms with Gasteiger partial charge >= 0.3 is 22.5 Å². The van der Waals surface area contributed by atoms with E-state index in [0.29, 0.717) is 0 Å². The Morgan fingerprint density at radius 3 is 1.25 bits per heavy atom. The van der Waals surface area contributed by atoms with E-state index in [9.17, 15) is 9.59 Å². The van der Waals surface area contributed by atoms with Gasteiger partial charge in [-0.1, -0.05) is 0 Å². The van der Waals surface area contributed by atoms with Crippen molar-refractivity contribution in [1.82, 2.24) is 5.32 Å². The zero-order chi connectivity index (χ0) is 10.4. The minimum atomic E-state index is -4.67. The van der Waals surface area contributed by atoms with Crippen molar-refractivity contribution in [1.29, 1.82) is 0 Å². The summed E-state index contributed by atoms with van der Waals surface area (Å²) in [5.74, 6) is 0. The third-order valence-electron chi connectivity index (χ3n) is 0.246. The van der Waals surface area contributed by atoms with Gasteiger partial charge in [-0.3, -0.25) is 14.4 Å². The number of hydrogen-bond acceptors (Lipinski definition) is 4. The van der Waals surface area contributed by atoms with Crippen LogP contribution in [0.3, 0.4) is 0 Å². The second-order valence-electron chi connectivity index (χ2n) is 1.30. The van der Waals surface area contributed by atoms with E-state index in [0.717, 1.165) is 0 Å². The van der Waals surface area contributed by atoms with E-state index in [-0.39, 0.29) is 0 Å². The van der Waals surface area contributed by atoms with E-state index >= 15 is 0 Å². The lowest BCUT2D eigenvalue weighted by atomic mass is 10.9. The number of carbonyl (C=O) groups excluding carboxylic acids is 2. The maximum Gasteiger partial charge on any atom is 0.394 e. The van der Waals surface area contributed by atoms with Gasteiger partial charge in [0.15, 0.2) is 0 Å². The molecule has 0 saturated carbocycles. The first kappa shape index (κ1) is 13.2. The maximum atomic E-state index is 9.62. The largest absolute Gasteiger partial charge is 0.394 e. The summed E-state index contributed by atoms with van der Waals surface area (Å²) in [6.45, 7) is 0. The van der Waals surface area contributed by atoms with E-state index in [2.05, 4.69) is 11.5 Å². The maximum absolute atomic E-state index is 9.62. The van der Waals surface area contributed by atoms with E-state index in [1.165, 1.54) is 0 Å². The third-order valence-corrected chi connectivity index (χ3v) is 0.246. The molecule has 0 aromatic heterocycles. The molecule has 12 heavy (non-hydrogen) atoms. The van der Waals surface area contributed by atoms with Gasteiger partial charge in [-0.25, -0.2) is 9.59 Å². The van der Waals surface area contributed by atoms with Crippen molar-refractivity contribution >= 4 is 22.5 Å². The van der Waals surface area contributed by atoms with Crippen molar-refractivity contribution in [2.75, 3.05) is 0 Å². The first-order valence-corrected chi connectivity index (χ1v) is 3.58. The van der Waals surface area contributed by atoms with Crippen LogP contribution < -0.4 is 16.8 Å². The van der Waals surface area contributed by atoms with Gasteiger partial charge in [-0.15, -0.1) is 0 Å². The average Bonchev–Trinajstić information content (AvgIpc) is 1.52. The van der Waals surface area contributed by atoms with Crippen molar-refractivity contribution in [3.63, 3.8) is 0 Å². The predicted molar refractivity (Wildman–Crippen MR) is 36.5 cm³/mol. The van der Waals surface area contributed by atoms with Gasteiger partial charge in [-0.05, 0) is 0 Å². The Morgan fingerprint density at radius 1 is 1.08 bits per heavy atom. The number of rotatable bonds is 0. The number of carbonyl (C=O) groups is 2. The molecule has 72 valence electrons. The summed E-state index contributed by atoms with van der Waals surface area (Å²) in [7, 11) is -4.67. The van der Waals surface area contributed by atoms with Crippen molar-refractivity contribution in [3.05, 3.63) is 0 Å². The number of urea groups is 2. The van der Waals surface area contributed by atoms with Crippen LogP contribution in [0, 0.1) is 0 Å².